The van der Waals surface area contributed by atoms with Crippen molar-refractivity contribution in [3.63, 3.8) is 0 Å². The molecule has 0 saturated carbocycles. The van der Waals surface area contributed by atoms with Gasteiger partial charge in [0.15, 0.2) is 0 Å². The predicted molar refractivity (Wildman–Crippen MR) is 48.1 cm³/mol. The fourth-order valence-corrected chi connectivity index (χ4v) is 0.561. The molecule has 0 fully saturated rings. The standard InChI is InChI=1S/C5H5.C4H4N.CH3.2Ru/c2*1-2-4-5-3-1;;;/h1-5H;1-3,5H;1H3;;/q3*-1;;+3. The third kappa shape index (κ3) is 11.9. The molecule has 0 aliphatic carbocycles. The molecule has 0 bridgehead atoms. The van der Waals surface area contributed by atoms with Crippen LogP contribution in [-0.4, -0.2) is 4.98 Å². The second-order valence-corrected chi connectivity index (χ2v) is 1.78. The molecule has 1 aromatic heterocycles. The number of hydrogen-bond acceptors (Lipinski definition) is 0. The van der Waals surface area contributed by atoms with E-state index in [9.17, 15) is 0 Å². The van der Waals surface area contributed by atoms with Gasteiger partial charge in [0.1, 0.15) is 0 Å². The predicted octanol–water partition coefficient (Wildman–Crippen LogP) is 2.67. The van der Waals surface area contributed by atoms with Gasteiger partial charge in [-0.05, 0) is 0 Å². The molecule has 1 radical (unpaired) electrons. The second kappa shape index (κ2) is 14.4. The number of nitrogens with one attached hydrogen (secondary N) is 1. The largest absolute Gasteiger partial charge is 3.00 e. The molecule has 1 nitrogen and oxygen atoms in total. The molecule has 0 spiro atoms. The molecule has 3 heteroatoms. The zero-order valence-corrected chi connectivity index (χ0v) is 10.8. The zero-order valence-electron chi connectivity index (χ0n) is 7.33. The maximum Gasteiger partial charge on any atom is 3.00 e. The van der Waals surface area contributed by atoms with Gasteiger partial charge in [0, 0.05) is 19.5 Å². The van der Waals surface area contributed by atoms with E-state index in [1.54, 1.807) is 0 Å². The first-order valence-electron chi connectivity index (χ1n) is 3.16. The summed E-state index contributed by atoms with van der Waals surface area (Å²) in [7, 11) is 0. The maximum atomic E-state index is 2.74. The number of aromatic amines is 1. The van der Waals surface area contributed by atoms with E-state index in [2.05, 4.69) is 11.2 Å². The first kappa shape index (κ1) is 18.6. The van der Waals surface area contributed by atoms with E-state index in [0.717, 1.165) is 0 Å². The summed E-state index contributed by atoms with van der Waals surface area (Å²) in [6.07, 6.45) is 4.56. The van der Waals surface area contributed by atoms with Gasteiger partial charge < -0.3 is 12.4 Å². The van der Waals surface area contributed by atoms with Crippen LogP contribution in [0, 0.1) is 13.6 Å². The summed E-state index contributed by atoms with van der Waals surface area (Å²) in [5.41, 5.74) is 0. The van der Waals surface area contributed by atoms with E-state index in [-0.39, 0.29) is 46.4 Å². The van der Waals surface area contributed by atoms with E-state index in [1.165, 1.54) is 0 Å². The minimum absolute atomic E-state index is 0. The van der Waals surface area contributed by atoms with Crippen molar-refractivity contribution >= 4 is 0 Å². The van der Waals surface area contributed by atoms with E-state index in [1.807, 2.05) is 48.7 Å². The van der Waals surface area contributed by atoms with Crippen LogP contribution in [0.3, 0.4) is 0 Å². The van der Waals surface area contributed by atoms with Gasteiger partial charge in [-0.1, -0.05) is 0 Å². The van der Waals surface area contributed by atoms with Crippen molar-refractivity contribution in [1.82, 2.24) is 4.98 Å². The number of hydrogen-bond donors (Lipinski definition) is 1. The van der Waals surface area contributed by atoms with Gasteiger partial charge in [0.2, 0.25) is 0 Å². The van der Waals surface area contributed by atoms with E-state index >= 15 is 0 Å². The SMILES string of the molecule is [CH3-].[Ru+3].[Ru].[c-]1ccc[nH]1.c1cc[cH-]c1. The van der Waals surface area contributed by atoms with Gasteiger partial charge in [0.25, 0.3) is 0 Å². The van der Waals surface area contributed by atoms with Gasteiger partial charge in [0.05, 0.1) is 0 Å². The molecule has 0 aliphatic heterocycles. The van der Waals surface area contributed by atoms with Crippen LogP contribution in [0.5, 0.6) is 0 Å². The molecule has 1 N–H and O–H groups in total. The fraction of sp³-hybridized carbons (Fsp3) is 0. The van der Waals surface area contributed by atoms with Gasteiger partial charge in [-0.3, -0.25) is 0 Å². The summed E-state index contributed by atoms with van der Waals surface area (Å²) >= 11 is 0. The molecular weight excluding hydrogens is 336 g/mol. The van der Waals surface area contributed by atoms with Crippen molar-refractivity contribution < 1.29 is 39.0 Å². The molecule has 0 atom stereocenters. The quantitative estimate of drug-likeness (QED) is 0.557. The molecule has 2 aromatic rings. The summed E-state index contributed by atoms with van der Waals surface area (Å²) in [6.45, 7) is 0. The van der Waals surface area contributed by atoms with Crippen molar-refractivity contribution in [2.24, 2.45) is 0 Å². The van der Waals surface area contributed by atoms with Gasteiger partial charge in [-0.15, -0.1) is 6.20 Å². The van der Waals surface area contributed by atoms with Crippen LogP contribution >= 0.6 is 0 Å². The smallest absolute Gasteiger partial charge is 0.484 e. The third-order valence-electron chi connectivity index (χ3n) is 0.998. The van der Waals surface area contributed by atoms with Crippen LogP contribution in [0.15, 0.2) is 48.7 Å². The molecule has 0 saturated heterocycles. The second-order valence-electron chi connectivity index (χ2n) is 1.78. The number of H-pyrrole nitrogens is 1. The van der Waals surface area contributed by atoms with Crippen LogP contribution < -0.4 is 0 Å². The normalized spacial score (nSPS) is 6.15. The molecule has 0 unspecified atom stereocenters. The minimum atomic E-state index is 0. The van der Waals surface area contributed by atoms with Crippen LogP contribution in [0.4, 0.5) is 0 Å². The van der Waals surface area contributed by atoms with E-state index in [0.29, 0.717) is 0 Å². The summed E-state index contributed by atoms with van der Waals surface area (Å²) in [5, 5.41) is 0. The molecule has 0 amide bonds. The molecule has 1 heterocycles. The van der Waals surface area contributed by atoms with Crippen molar-refractivity contribution in [2.45, 2.75) is 0 Å². The Hall–Kier alpha value is -0.123. The summed E-state index contributed by atoms with van der Waals surface area (Å²) < 4.78 is 0. The van der Waals surface area contributed by atoms with Crippen LogP contribution in [0.2, 0.25) is 0 Å². The van der Waals surface area contributed by atoms with E-state index in [4.69, 9.17) is 0 Å². The Morgan fingerprint density at radius 3 is 1.85 bits per heavy atom. The van der Waals surface area contributed by atoms with Crippen molar-refractivity contribution in [3.05, 3.63) is 62.3 Å². The Morgan fingerprint density at radius 2 is 1.69 bits per heavy atom. The summed E-state index contributed by atoms with van der Waals surface area (Å²) in [4.78, 5) is 2.74. The van der Waals surface area contributed by atoms with Crippen molar-refractivity contribution in [2.75, 3.05) is 0 Å². The first-order valence-corrected chi connectivity index (χ1v) is 3.16. The topological polar surface area (TPSA) is 15.8 Å². The molecule has 73 valence electrons. The van der Waals surface area contributed by atoms with Crippen molar-refractivity contribution in [3.8, 4) is 0 Å². The number of aromatic nitrogens is 1. The molecule has 2 rings (SSSR count). The average Bonchev–Trinajstić information content (AvgIpc) is 2.67. The Balaban J connectivity index is -0.000000125. The average molecular weight is 348 g/mol. The molecule has 13 heavy (non-hydrogen) atoms. The first-order chi connectivity index (χ1) is 5.00. The monoisotopic (exact) mass is 350 g/mol. The molecule has 1 aromatic carbocycles. The van der Waals surface area contributed by atoms with Gasteiger partial charge in [-0.25, -0.2) is 12.1 Å². The van der Waals surface area contributed by atoms with Crippen LogP contribution in [-0.2, 0) is 39.0 Å². The van der Waals surface area contributed by atoms with Crippen LogP contribution in [0.25, 0.3) is 0 Å². The third-order valence-corrected chi connectivity index (χ3v) is 0.998. The van der Waals surface area contributed by atoms with Crippen LogP contribution in [0.1, 0.15) is 0 Å². The zero-order chi connectivity index (χ0) is 7.07. The summed E-state index contributed by atoms with van der Waals surface area (Å²) in [5.74, 6) is 0. The Kier molecular flexibility index (Phi) is 20.6. The maximum absolute atomic E-state index is 2.74. The van der Waals surface area contributed by atoms with Gasteiger partial charge in [-0.2, -0.15) is 36.5 Å². The molecular formula is C10H12NRu2. The van der Waals surface area contributed by atoms with E-state index < -0.39 is 0 Å². The molecule has 0 aliphatic rings. The fourth-order valence-electron chi connectivity index (χ4n) is 0.561. The Labute approximate surface area is 106 Å². The van der Waals surface area contributed by atoms with Crippen molar-refractivity contribution in [1.29, 1.82) is 0 Å². The Morgan fingerprint density at radius 1 is 1.08 bits per heavy atom. The number of rotatable bonds is 0. The summed E-state index contributed by atoms with van der Waals surface area (Å²) in [6, 6.07) is 13.7. The minimum Gasteiger partial charge on any atom is -0.484 e. The Bertz CT molecular complexity index is 152. The van der Waals surface area contributed by atoms with Gasteiger partial charge >= 0.3 is 19.5 Å².